The largest absolute Gasteiger partial charge is 0.359 e. The van der Waals surface area contributed by atoms with Crippen LogP contribution in [-0.4, -0.2) is 17.1 Å². The molecule has 2 saturated carbocycles. The van der Waals surface area contributed by atoms with E-state index in [1.807, 2.05) is 13.0 Å². The first-order chi connectivity index (χ1) is 9.63. The Morgan fingerprint density at radius 2 is 2.10 bits per heavy atom. The van der Waals surface area contributed by atoms with Crippen LogP contribution in [-0.2, 0) is 11.3 Å². The van der Waals surface area contributed by atoms with Crippen LogP contribution < -0.4 is 11.1 Å². The van der Waals surface area contributed by atoms with Gasteiger partial charge < -0.3 is 15.6 Å². The van der Waals surface area contributed by atoms with Crippen LogP contribution >= 0.6 is 12.4 Å². The number of amides is 1. The fourth-order valence-corrected chi connectivity index (χ4v) is 3.82. The zero-order valence-corrected chi connectivity index (χ0v) is 13.2. The van der Waals surface area contributed by atoms with Gasteiger partial charge in [-0.25, -0.2) is 0 Å². The predicted octanol–water partition coefficient (Wildman–Crippen LogP) is 2.17. The second kappa shape index (κ2) is 6.79. The molecule has 3 rings (SSSR count). The quantitative estimate of drug-likeness (QED) is 0.896. The predicted molar refractivity (Wildman–Crippen MR) is 81.9 cm³/mol. The molecule has 2 aliphatic rings. The SMILES string of the molecule is Cc1cc(CNC(=O)C2CC3CCCC(C2)C3N)on1.Cl. The summed E-state index contributed by atoms with van der Waals surface area (Å²) in [4.78, 5) is 12.3. The van der Waals surface area contributed by atoms with Crippen LogP contribution in [0.1, 0.15) is 43.6 Å². The average Bonchev–Trinajstić information content (AvgIpc) is 2.81. The fraction of sp³-hybridized carbons (Fsp3) is 0.733. The number of halogens is 1. The summed E-state index contributed by atoms with van der Waals surface area (Å²) >= 11 is 0. The first-order valence-electron chi connectivity index (χ1n) is 7.59. The zero-order chi connectivity index (χ0) is 14.1. The van der Waals surface area contributed by atoms with Crippen molar-refractivity contribution in [3.8, 4) is 0 Å². The number of aryl methyl sites for hydroxylation is 1. The van der Waals surface area contributed by atoms with E-state index in [-0.39, 0.29) is 24.2 Å². The molecule has 0 radical (unpaired) electrons. The number of nitrogens with one attached hydrogen (secondary N) is 1. The first-order valence-corrected chi connectivity index (χ1v) is 7.59. The van der Waals surface area contributed by atoms with E-state index in [0.29, 0.717) is 30.2 Å². The molecule has 1 heterocycles. The summed E-state index contributed by atoms with van der Waals surface area (Å²) < 4.78 is 5.11. The highest BCUT2D eigenvalue weighted by atomic mass is 35.5. The Hall–Kier alpha value is -1.07. The van der Waals surface area contributed by atoms with Crippen LogP contribution in [0.15, 0.2) is 10.6 Å². The second-order valence-corrected chi connectivity index (χ2v) is 6.35. The van der Waals surface area contributed by atoms with Gasteiger partial charge in [-0.15, -0.1) is 12.4 Å². The average molecular weight is 314 g/mol. The first kappa shape index (κ1) is 16.3. The van der Waals surface area contributed by atoms with E-state index in [1.165, 1.54) is 19.3 Å². The lowest BCUT2D eigenvalue weighted by atomic mass is 9.65. The van der Waals surface area contributed by atoms with Gasteiger partial charge in [0, 0.05) is 18.0 Å². The van der Waals surface area contributed by atoms with Crippen molar-refractivity contribution in [1.29, 1.82) is 0 Å². The number of nitrogens with two attached hydrogens (primary N) is 1. The van der Waals surface area contributed by atoms with Crippen LogP contribution in [0.2, 0.25) is 0 Å². The highest BCUT2D eigenvalue weighted by Crippen LogP contribution is 2.41. The number of carbonyl (C=O) groups excluding carboxylic acids is 1. The zero-order valence-electron chi connectivity index (χ0n) is 12.4. The van der Waals surface area contributed by atoms with Crippen molar-refractivity contribution in [3.05, 3.63) is 17.5 Å². The summed E-state index contributed by atoms with van der Waals surface area (Å²) in [6.45, 7) is 2.30. The van der Waals surface area contributed by atoms with Gasteiger partial charge in [-0.2, -0.15) is 0 Å². The monoisotopic (exact) mass is 313 g/mol. The molecule has 118 valence electrons. The molecule has 5 nitrogen and oxygen atoms in total. The minimum atomic E-state index is 0. The van der Waals surface area contributed by atoms with Gasteiger partial charge in [0.1, 0.15) is 0 Å². The molecule has 2 fully saturated rings. The molecule has 1 aromatic heterocycles. The maximum atomic E-state index is 12.3. The standard InChI is InChI=1S/C15H23N3O2.ClH/c1-9-5-13(20-18-9)8-17-15(19)12-6-10-3-2-4-11(7-12)14(10)16;/h5,10-12,14H,2-4,6-8,16H2,1H3,(H,17,19);1H. The fourth-order valence-electron chi connectivity index (χ4n) is 3.82. The summed E-state index contributed by atoms with van der Waals surface area (Å²) in [5.41, 5.74) is 7.10. The number of hydrogen-bond donors (Lipinski definition) is 2. The van der Waals surface area contributed by atoms with Crippen LogP contribution in [0.4, 0.5) is 0 Å². The van der Waals surface area contributed by atoms with E-state index in [1.54, 1.807) is 0 Å². The molecule has 0 saturated heterocycles. The Bertz CT molecular complexity index is 477. The van der Waals surface area contributed by atoms with Crippen molar-refractivity contribution in [1.82, 2.24) is 10.5 Å². The summed E-state index contributed by atoms with van der Waals surface area (Å²) in [7, 11) is 0. The molecule has 2 aliphatic carbocycles. The van der Waals surface area contributed by atoms with Crippen LogP contribution in [0.25, 0.3) is 0 Å². The molecule has 3 N–H and O–H groups in total. The van der Waals surface area contributed by atoms with Gasteiger partial charge in [0.2, 0.25) is 5.91 Å². The van der Waals surface area contributed by atoms with E-state index < -0.39 is 0 Å². The third-order valence-electron chi connectivity index (χ3n) is 4.90. The normalized spacial score (nSPS) is 31.3. The molecular weight excluding hydrogens is 290 g/mol. The van der Waals surface area contributed by atoms with Gasteiger partial charge in [-0.1, -0.05) is 11.6 Å². The second-order valence-electron chi connectivity index (χ2n) is 6.35. The third kappa shape index (κ3) is 3.58. The van der Waals surface area contributed by atoms with Crippen molar-refractivity contribution in [2.24, 2.45) is 23.5 Å². The summed E-state index contributed by atoms with van der Waals surface area (Å²) in [6.07, 6.45) is 5.53. The van der Waals surface area contributed by atoms with Crippen LogP contribution in [0.3, 0.4) is 0 Å². The Labute approximate surface area is 131 Å². The molecule has 2 unspecified atom stereocenters. The lowest BCUT2D eigenvalue weighted by Gasteiger charge is -2.43. The molecule has 1 amide bonds. The van der Waals surface area contributed by atoms with Crippen molar-refractivity contribution in [2.75, 3.05) is 0 Å². The molecule has 1 aromatic rings. The molecule has 0 spiro atoms. The Balaban J connectivity index is 0.00000161. The maximum absolute atomic E-state index is 12.3. The third-order valence-corrected chi connectivity index (χ3v) is 4.90. The van der Waals surface area contributed by atoms with Gasteiger partial charge in [-0.3, -0.25) is 4.79 Å². The van der Waals surface area contributed by atoms with Gasteiger partial charge in [0.25, 0.3) is 0 Å². The Kier molecular flexibility index (Phi) is 5.27. The molecule has 2 bridgehead atoms. The highest BCUT2D eigenvalue weighted by molar-refractivity contribution is 5.85. The van der Waals surface area contributed by atoms with Crippen molar-refractivity contribution >= 4 is 18.3 Å². The summed E-state index contributed by atoms with van der Waals surface area (Å²) in [5.74, 6) is 2.04. The number of carbonyl (C=O) groups is 1. The molecular formula is C15H24ClN3O2. The summed E-state index contributed by atoms with van der Waals surface area (Å²) in [5, 5.41) is 6.79. The number of nitrogens with zero attached hydrogens (tertiary/aromatic N) is 1. The highest BCUT2D eigenvalue weighted by Gasteiger charge is 2.40. The number of rotatable bonds is 3. The maximum Gasteiger partial charge on any atom is 0.223 e. The van der Waals surface area contributed by atoms with Crippen molar-refractivity contribution in [2.45, 2.75) is 51.6 Å². The van der Waals surface area contributed by atoms with Crippen LogP contribution in [0, 0.1) is 24.7 Å². The van der Waals surface area contributed by atoms with Gasteiger partial charge in [-0.05, 0) is 44.4 Å². The molecule has 2 atom stereocenters. The van der Waals surface area contributed by atoms with Crippen molar-refractivity contribution < 1.29 is 9.32 Å². The van der Waals surface area contributed by atoms with E-state index >= 15 is 0 Å². The molecule has 6 heteroatoms. The van der Waals surface area contributed by atoms with E-state index in [0.717, 1.165) is 18.5 Å². The minimum absolute atomic E-state index is 0. The molecule has 21 heavy (non-hydrogen) atoms. The van der Waals surface area contributed by atoms with E-state index in [2.05, 4.69) is 10.5 Å². The minimum Gasteiger partial charge on any atom is -0.359 e. The smallest absolute Gasteiger partial charge is 0.223 e. The summed E-state index contributed by atoms with van der Waals surface area (Å²) in [6, 6.07) is 2.16. The molecule has 0 aromatic carbocycles. The Morgan fingerprint density at radius 3 is 2.67 bits per heavy atom. The van der Waals surface area contributed by atoms with E-state index in [4.69, 9.17) is 10.3 Å². The van der Waals surface area contributed by atoms with Gasteiger partial charge in [0.15, 0.2) is 5.76 Å². The van der Waals surface area contributed by atoms with Crippen molar-refractivity contribution in [3.63, 3.8) is 0 Å². The molecule has 0 aliphatic heterocycles. The number of aromatic nitrogens is 1. The van der Waals surface area contributed by atoms with Gasteiger partial charge in [0.05, 0.1) is 12.2 Å². The number of fused-ring (bicyclic) bond motifs is 2. The number of hydrogen-bond acceptors (Lipinski definition) is 4. The van der Waals surface area contributed by atoms with Crippen LogP contribution in [0.5, 0.6) is 0 Å². The van der Waals surface area contributed by atoms with E-state index in [9.17, 15) is 4.79 Å². The lowest BCUT2D eigenvalue weighted by Crippen LogP contribution is -2.49. The lowest BCUT2D eigenvalue weighted by molar-refractivity contribution is -0.128. The topological polar surface area (TPSA) is 81.2 Å². The van der Waals surface area contributed by atoms with Gasteiger partial charge >= 0.3 is 0 Å². The Morgan fingerprint density at radius 1 is 1.43 bits per heavy atom.